The molecule has 0 amide bonds. The van der Waals surface area contributed by atoms with Gasteiger partial charge in [0.15, 0.2) is 0 Å². The smallest absolute Gasteiger partial charge is 0.242 e. The average Bonchev–Trinajstić information content (AvgIpc) is 2.73. The van der Waals surface area contributed by atoms with Crippen molar-refractivity contribution >= 4 is 48.9 Å². The van der Waals surface area contributed by atoms with E-state index < -0.39 is 10.0 Å². The van der Waals surface area contributed by atoms with E-state index in [-0.39, 0.29) is 16.6 Å². The highest BCUT2D eigenvalue weighted by Gasteiger charge is 2.14. The highest BCUT2D eigenvalue weighted by molar-refractivity contribution is 9.10. The molecule has 2 aromatic rings. The van der Waals surface area contributed by atoms with Gasteiger partial charge in [-0.05, 0) is 34.1 Å². The van der Waals surface area contributed by atoms with E-state index in [0.717, 1.165) is 9.35 Å². The number of hydrogen-bond acceptors (Lipinski definition) is 4. The largest absolute Gasteiger partial charge is 0.243 e. The second-order valence-electron chi connectivity index (χ2n) is 3.37. The van der Waals surface area contributed by atoms with E-state index in [1.165, 1.54) is 29.7 Å². The van der Waals surface area contributed by atoms with Gasteiger partial charge in [0.2, 0.25) is 10.0 Å². The maximum Gasteiger partial charge on any atom is 0.242 e. The Morgan fingerprint density at radius 3 is 2.78 bits per heavy atom. The molecule has 2 aromatic heterocycles. The van der Waals surface area contributed by atoms with Crippen molar-refractivity contribution < 1.29 is 8.42 Å². The fourth-order valence-electron chi connectivity index (χ4n) is 1.22. The van der Waals surface area contributed by atoms with Gasteiger partial charge < -0.3 is 0 Å². The topological polar surface area (TPSA) is 59.1 Å². The summed E-state index contributed by atoms with van der Waals surface area (Å²) in [7, 11) is -3.55. The molecule has 2 heterocycles. The summed E-state index contributed by atoms with van der Waals surface area (Å²) in [4.78, 5) is 4.77. The number of aromatic nitrogens is 1. The second kappa shape index (κ2) is 5.66. The zero-order valence-electron chi connectivity index (χ0n) is 8.93. The van der Waals surface area contributed by atoms with Crippen molar-refractivity contribution in [3.8, 4) is 0 Å². The molecule has 0 saturated carbocycles. The first kappa shape index (κ1) is 14.0. The number of sulfonamides is 1. The Kier molecular flexibility index (Phi) is 4.39. The third kappa shape index (κ3) is 3.52. The van der Waals surface area contributed by atoms with Crippen LogP contribution in [0.25, 0.3) is 0 Å². The first-order chi connectivity index (χ1) is 8.47. The van der Waals surface area contributed by atoms with Crippen LogP contribution >= 0.6 is 38.9 Å². The van der Waals surface area contributed by atoms with Gasteiger partial charge in [0, 0.05) is 27.5 Å². The predicted octanol–water partition coefficient (Wildman–Crippen LogP) is 3.04. The van der Waals surface area contributed by atoms with E-state index in [2.05, 4.69) is 25.6 Å². The van der Waals surface area contributed by atoms with Gasteiger partial charge >= 0.3 is 0 Å². The van der Waals surface area contributed by atoms with Crippen LogP contribution < -0.4 is 4.72 Å². The van der Waals surface area contributed by atoms with Gasteiger partial charge in [-0.2, -0.15) is 0 Å². The zero-order valence-corrected chi connectivity index (χ0v) is 12.9. The third-order valence-corrected chi connectivity index (χ3v) is 5.38. The van der Waals surface area contributed by atoms with Crippen molar-refractivity contribution in [3.63, 3.8) is 0 Å². The standard InChI is InChI=1S/C10H8BrClN2O2S2/c11-7-3-8(17-6-7)4-14-18(15,16)9-1-2-10(12)13-5-9/h1-3,5-6,14H,4H2. The van der Waals surface area contributed by atoms with Crippen LogP contribution in [0.5, 0.6) is 0 Å². The molecule has 4 nitrogen and oxygen atoms in total. The molecule has 0 aliphatic rings. The summed E-state index contributed by atoms with van der Waals surface area (Å²) in [6, 6.07) is 4.73. The molecule has 0 atom stereocenters. The monoisotopic (exact) mass is 366 g/mol. The van der Waals surface area contributed by atoms with E-state index in [1.807, 2.05) is 11.4 Å². The molecule has 0 unspecified atom stereocenters. The number of thiophene rings is 1. The van der Waals surface area contributed by atoms with Crippen molar-refractivity contribution in [1.29, 1.82) is 0 Å². The molecule has 8 heteroatoms. The minimum absolute atomic E-state index is 0.0996. The van der Waals surface area contributed by atoms with Gasteiger partial charge in [-0.1, -0.05) is 11.6 Å². The molecule has 2 rings (SSSR count). The number of pyridine rings is 1. The van der Waals surface area contributed by atoms with E-state index in [9.17, 15) is 8.42 Å². The molecule has 0 radical (unpaired) electrons. The predicted molar refractivity (Wildman–Crippen MR) is 75.3 cm³/mol. The molecule has 96 valence electrons. The zero-order chi connectivity index (χ0) is 13.2. The van der Waals surface area contributed by atoms with E-state index in [4.69, 9.17) is 11.6 Å². The molecule has 0 fully saturated rings. The van der Waals surface area contributed by atoms with Crippen molar-refractivity contribution in [2.45, 2.75) is 11.4 Å². The Labute approximate surface area is 122 Å². The molecule has 0 spiro atoms. The molecule has 1 N–H and O–H groups in total. The van der Waals surface area contributed by atoms with Crippen LogP contribution in [0.1, 0.15) is 4.88 Å². The van der Waals surface area contributed by atoms with E-state index >= 15 is 0 Å². The summed E-state index contributed by atoms with van der Waals surface area (Å²) in [6.07, 6.45) is 1.23. The molecular formula is C10H8BrClN2O2S2. The van der Waals surface area contributed by atoms with Crippen molar-refractivity contribution in [2.24, 2.45) is 0 Å². The van der Waals surface area contributed by atoms with E-state index in [1.54, 1.807) is 0 Å². The second-order valence-corrected chi connectivity index (χ2v) is 7.44. The molecular weight excluding hydrogens is 360 g/mol. The van der Waals surface area contributed by atoms with Crippen LogP contribution in [0.15, 0.2) is 39.1 Å². The van der Waals surface area contributed by atoms with Crippen LogP contribution in [0.2, 0.25) is 5.15 Å². The molecule has 0 aromatic carbocycles. The maximum absolute atomic E-state index is 11.9. The highest BCUT2D eigenvalue weighted by atomic mass is 79.9. The quantitative estimate of drug-likeness (QED) is 0.845. The number of hydrogen-bond donors (Lipinski definition) is 1. The summed E-state index contributed by atoms with van der Waals surface area (Å²) >= 11 is 10.4. The van der Waals surface area contributed by atoms with Crippen molar-refractivity contribution in [1.82, 2.24) is 9.71 Å². The molecule has 18 heavy (non-hydrogen) atoms. The van der Waals surface area contributed by atoms with Gasteiger partial charge in [-0.15, -0.1) is 11.3 Å². The minimum Gasteiger partial charge on any atom is -0.243 e. The summed E-state index contributed by atoms with van der Waals surface area (Å²) in [5.74, 6) is 0. The molecule has 0 aliphatic heterocycles. The molecule has 0 bridgehead atoms. The van der Waals surface area contributed by atoms with Gasteiger partial charge in [0.1, 0.15) is 10.0 Å². The Balaban J connectivity index is 2.10. The number of nitrogens with zero attached hydrogens (tertiary/aromatic N) is 1. The van der Waals surface area contributed by atoms with E-state index in [0.29, 0.717) is 0 Å². The number of nitrogens with one attached hydrogen (secondary N) is 1. The summed E-state index contributed by atoms with van der Waals surface area (Å²) in [5.41, 5.74) is 0. The van der Waals surface area contributed by atoms with Crippen molar-refractivity contribution in [3.05, 3.63) is 44.3 Å². The number of rotatable bonds is 4. The lowest BCUT2D eigenvalue weighted by Gasteiger charge is -2.04. The Bertz CT molecular complexity index is 640. The van der Waals surface area contributed by atoms with Crippen LogP contribution in [0, 0.1) is 0 Å². The Morgan fingerprint density at radius 1 is 1.44 bits per heavy atom. The molecule has 0 aliphatic carbocycles. The SMILES string of the molecule is O=S(=O)(NCc1cc(Br)cs1)c1ccc(Cl)nc1. The maximum atomic E-state index is 11.9. The lowest BCUT2D eigenvalue weighted by Crippen LogP contribution is -2.22. The normalized spacial score (nSPS) is 11.7. The van der Waals surface area contributed by atoms with Crippen LogP contribution in [0.4, 0.5) is 0 Å². The third-order valence-electron chi connectivity index (χ3n) is 2.07. The average molecular weight is 368 g/mol. The van der Waals surface area contributed by atoms with Crippen LogP contribution in [-0.4, -0.2) is 13.4 Å². The van der Waals surface area contributed by atoms with Gasteiger partial charge in [0.05, 0.1) is 0 Å². The summed E-state index contributed by atoms with van der Waals surface area (Å²) in [6.45, 7) is 0.251. The minimum atomic E-state index is -3.55. The fourth-order valence-corrected chi connectivity index (χ4v) is 3.76. The summed E-state index contributed by atoms with van der Waals surface area (Å²) in [5, 5.41) is 2.16. The van der Waals surface area contributed by atoms with Crippen molar-refractivity contribution in [2.75, 3.05) is 0 Å². The molecule has 0 saturated heterocycles. The highest BCUT2D eigenvalue weighted by Crippen LogP contribution is 2.20. The van der Waals surface area contributed by atoms with Crippen LogP contribution in [0.3, 0.4) is 0 Å². The van der Waals surface area contributed by atoms with Gasteiger partial charge in [0.25, 0.3) is 0 Å². The lowest BCUT2D eigenvalue weighted by atomic mass is 10.5. The van der Waals surface area contributed by atoms with Gasteiger partial charge in [-0.25, -0.2) is 18.1 Å². The lowest BCUT2D eigenvalue weighted by molar-refractivity contribution is 0.581. The fraction of sp³-hybridized carbons (Fsp3) is 0.100. The summed E-state index contributed by atoms with van der Waals surface area (Å²) < 4.78 is 27.3. The Hall–Kier alpha value is -0.470. The Morgan fingerprint density at radius 2 is 2.22 bits per heavy atom. The first-order valence-corrected chi connectivity index (χ1v) is 8.35. The van der Waals surface area contributed by atoms with Gasteiger partial charge in [-0.3, -0.25) is 0 Å². The number of halogens is 2. The first-order valence-electron chi connectivity index (χ1n) is 4.81. The van der Waals surface area contributed by atoms with Crippen LogP contribution in [-0.2, 0) is 16.6 Å².